The molecule has 2 aromatic carbocycles. The Bertz CT molecular complexity index is 1890. The van der Waals surface area contributed by atoms with Crippen LogP contribution < -0.4 is 31.7 Å². The van der Waals surface area contributed by atoms with Crippen LogP contribution in [0.15, 0.2) is 65.3 Å². The number of aryl methyl sites for hydroxylation is 1. The number of thiazole rings is 2. The van der Waals surface area contributed by atoms with Gasteiger partial charge in [0.1, 0.15) is 11.6 Å². The average molecular weight is 705 g/mol. The highest BCUT2D eigenvalue weighted by atomic mass is 32.1. The van der Waals surface area contributed by atoms with E-state index in [1.54, 1.807) is 12.1 Å². The van der Waals surface area contributed by atoms with E-state index in [2.05, 4.69) is 37.3 Å². The molecule has 11 nitrogen and oxygen atoms in total. The van der Waals surface area contributed by atoms with Gasteiger partial charge in [0.25, 0.3) is 0 Å². The summed E-state index contributed by atoms with van der Waals surface area (Å²) >= 11 is 2.80. The van der Waals surface area contributed by atoms with E-state index in [9.17, 15) is 14.3 Å². The van der Waals surface area contributed by atoms with Crippen molar-refractivity contribution in [1.82, 2.24) is 20.2 Å². The summed E-state index contributed by atoms with van der Waals surface area (Å²) in [6.07, 6.45) is 2.37. The number of anilines is 2. The van der Waals surface area contributed by atoms with Crippen molar-refractivity contribution in [1.29, 1.82) is 0 Å². The zero-order valence-corrected chi connectivity index (χ0v) is 29.4. The minimum Gasteiger partial charge on any atom is -0.491 e. The molecule has 0 saturated carbocycles. The van der Waals surface area contributed by atoms with Crippen LogP contribution >= 0.6 is 22.7 Å². The number of carboxylic acid groups (broad SMARTS) is 1. The highest BCUT2D eigenvalue weighted by molar-refractivity contribution is 7.22. The molecule has 0 amide bonds. The second kappa shape index (κ2) is 16.6. The molecule has 0 fully saturated rings. The van der Waals surface area contributed by atoms with Crippen molar-refractivity contribution < 1.29 is 19.0 Å². The van der Waals surface area contributed by atoms with Gasteiger partial charge in [-0.2, -0.15) is 0 Å². The number of rotatable bonds is 14. The van der Waals surface area contributed by atoms with Gasteiger partial charge in [0.15, 0.2) is 27.5 Å². The third kappa shape index (κ3) is 9.27. The van der Waals surface area contributed by atoms with Gasteiger partial charge in [0, 0.05) is 30.1 Å². The van der Waals surface area contributed by atoms with E-state index in [0.29, 0.717) is 58.3 Å². The predicted molar refractivity (Wildman–Crippen MR) is 196 cm³/mol. The van der Waals surface area contributed by atoms with Gasteiger partial charge in [0.05, 0.1) is 23.4 Å². The molecule has 4 aromatic rings. The lowest BCUT2D eigenvalue weighted by atomic mass is 9.99. The van der Waals surface area contributed by atoms with E-state index in [4.69, 9.17) is 16.2 Å². The van der Waals surface area contributed by atoms with Crippen molar-refractivity contribution >= 4 is 49.1 Å². The van der Waals surface area contributed by atoms with Crippen LogP contribution in [0, 0.1) is 17.7 Å². The molecule has 5 rings (SSSR count). The van der Waals surface area contributed by atoms with E-state index >= 15 is 0 Å². The third-order valence-corrected chi connectivity index (χ3v) is 9.93. The number of aromatic nitrogens is 2. The summed E-state index contributed by atoms with van der Waals surface area (Å²) in [5, 5.41) is 17.5. The standard InChI is InChI=1S/C35H41FN8O3S2/c1-22(31(37)42-34-40-26-11-4-5-12-28(26)48-34)24-10-7-18-44(32(24)38)35-41-30(33(45)46)29(49-35)13-8-20-47-27-15-14-23(21-25(27)36)9-6-16-39-17-19-43(2)3/h4-5,11-12,14-15,21,39H,7-8,10,13,16-20,37-38H2,1-3H3,(H,40,42)(H,45,46)/b31-22+. The molecule has 49 heavy (non-hydrogen) atoms. The van der Waals surface area contributed by atoms with E-state index in [-0.39, 0.29) is 18.1 Å². The molecule has 14 heteroatoms. The highest BCUT2D eigenvalue weighted by Gasteiger charge is 2.26. The number of hydrogen-bond donors (Lipinski definition) is 5. The minimum absolute atomic E-state index is 0.0190. The zero-order valence-electron chi connectivity index (χ0n) is 27.8. The molecular weight excluding hydrogens is 664 g/mol. The second-order valence-electron chi connectivity index (χ2n) is 11.7. The van der Waals surface area contributed by atoms with Crippen molar-refractivity contribution in [3.63, 3.8) is 0 Å². The number of carbonyl (C=O) groups is 1. The van der Waals surface area contributed by atoms with E-state index in [1.165, 1.54) is 28.7 Å². The number of likely N-dealkylation sites (N-methyl/N-ethyl adjacent to an activating group) is 1. The molecule has 0 aliphatic carbocycles. The molecule has 1 aliphatic rings. The van der Waals surface area contributed by atoms with Gasteiger partial charge in [-0.1, -0.05) is 35.3 Å². The molecule has 0 unspecified atom stereocenters. The first-order valence-corrected chi connectivity index (χ1v) is 17.6. The Morgan fingerprint density at radius 2 is 2.02 bits per heavy atom. The first-order chi connectivity index (χ1) is 23.6. The predicted octanol–water partition coefficient (Wildman–Crippen LogP) is 5.18. The normalized spacial score (nSPS) is 13.8. The Balaban J connectivity index is 1.20. The molecule has 1 aliphatic heterocycles. The smallest absolute Gasteiger partial charge is 0.355 e. The van der Waals surface area contributed by atoms with Gasteiger partial charge in [-0.05, 0) is 88.2 Å². The maximum Gasteiger partial charge on any atom is 0.355 e. The largest absolute Gasteiger partial charge is 0.491 e. The summed E-state index contributed by atoms with van der Waals surface area (Å²) < 4.78 is 21.4. The maximum absolute atomic E-state index is 14.7. The monoisotopic (exact) mass is 704 g/mol. The number of ether oxygens (including phenoxy) is 1. The maximum atomic E-state index is 14.7. The van der Waals surface area contributed by atoms with Crippen molar-refractivity contribution in [3.8, 4) is 17.6 Å². The van der Waals surface area contributed by atoms with E-state index in [1.807, 2.05) is 50.2 Å². The Morgan fingerprint density at radius 1 is 1.20 bits per heavy atom. The number of nitrogens with two attached hydrogens (primary N) is 2. The Kier molecular flexibility index (Phi) is 12.1. The number of para-hydroxylation sites is 1. The van der Waals surface area contributed by atoms with Crippen LogP contribution in [0.2, 0.25) is 0 Å². The van der Waals surface area contributed by atoms with Gasteiger partial charge >= 0.3 is 5.97 Å². The molecule has 3 heterocycles. The first kappa shape index (κ1) is 35.6. The number of benzene rings is 2. The number of allylic oxidation sites excluding steroid dienone is 2. The van der Waals surface area contributed by atoms with Crippen LogP contribution in [0.5, 0.6) is 5.75 Å². The quantitative estimate of drug-likeness (QED) is 0.0872. The van der Waals surface area contributed by atoms with Gasteiger partial charge in [-0.25, -0.2) is 19.2 Å². The summed E-state index contributed by atoms with van der Waals surface area (Å²) in [6, 6.07) is 12.5. The summed E-state index contributed by atoms with van der Waals surface area (Å²) in [5.41, 5.74) is 16.3. The Hall–Kier alpha value is -4.68. The molecular formula is C35H41FN8O3S2. The molecule has 2 aromatic heterocycles. The lowest BCUT2D eigenvalue weighted by Crippen LogP contribution is -2.34. The van der Waals surface area contributed by atoms with Gasteiger partial charge in [0.2, 0.25) is 0 Å². The number of nitrogens with zero attached hydrogens (tertiary/aromatic N) is 4. The molecule has 258 valence electrons. The van der Waals surface area contributed by atoms with Crippen LogP contribution in [0.3, 0.4) is 0 Å². The van der Waals surface area contributed by atoms with Crippen LogP contribution in [-0.2, 0) is 6.42 Å². The van der Waals surface area contributed by atoms with Crippen LogP contribution in [0.1, 0.15) is 47.1 Å². The number of carboxylic acids is 1. The topological polar surface area (TPSA) is 155 Å². The van der Waals surface area contributed by atoms with Crippen LogP contribution in [0.4, 0.5) is 14.7 Å². The lowest BCUT2D eigenvalue weighted by Gasteiger charge is -2.30. The SMILES string of the molecule is C/C(C1=C(N)N(c2nc(C(=O)O)c(CCCOc3ccc(C#CCNCCN(C)C)cc3F)s2)CCC1)=C(/N)Nc1nc2ccccc2s1. The Labute approximate surface area is 293 Å². The van der Waals surface area contributed by atoms with Crippen molar-refractivity contribution in [3.05, 3.63) is 87.2 Å². The van der Waals surface area contributed by atoms with Crippen molar-refractivity contribution in [2.45, 2.75) is 32.6 Å². The highest BCUT2D eigenvalue weighted by Crippen LogP contribution is 2.35. The summed E-state index contributed by atoms with van der Waals surface area (Å²) in [5.74, 6) is 5.40. The second-order valence-corrected chi connectivity index (χ2v) is 13.8. The van der Waals surface area contributed by atoms with Crippen LogP contribution in [0.25, 0.3) is 10.2 Å². The molecule has 7 N–H and O–H groups in total. The third-order valence-electron chi connectivity index (χ3n) is 7.84. The van der Waals surface area contributed by atoms with Gasteiger partial charge in [-0.3, -0.25) is 0 Å². The van der Waals surface area contributed by atoms with Gasteiger partial charge < -0.3 is 41.7 Å². The number of hydrogen-bond acceptors (Lipinski definition) is 12. The fourth-order valence-corrected chi connectivity index (χ4v) is 7.21. The molecule has 0 atom stereocenters. The minimum atomic E-state index is -1.12. The zero-order chi connectivity index (χ0) is 34.9. The van der Waals surface area contributed by atoms with E-state index < -0.39 is 11.8 Å². The number of halogens is 1. The van der Waals surface area contributed by atoms with Gasteiger partial charge in [-0.15, -0.1) is 11.3 Å². The van der Waals surface area contributed by atoms with Crippen molar-refractivity contribution in [2.75, 3.05) is 57.1 Å². The fourth-order valence-electron chi connectivity index (χ4n) is 5.20. The number of aromatic carboxylic acids is 1. The van der Waals surface area contributed by atoms with Crippen molar-refractivity contribution in [2.24, 2.45) is 11.5 Å². The first-order valence-electron chi connectivity index (χ1n) is 16.0. The molecule has 0 radical (unpaired) electrons. The summed E-state index contributed by atoms with van der Waals surface area (Å²) in [4.78, 5) is 25.7. The van der Waals surface area contributed by atoms with Crippen LogP contribution in [-0.4, -0.2) is 72.8 Å². The van der Waals surface area contributed by atoms with E-state index in [0.717, 1.165) is 47.3 Å². The Morgan fingerprint density at radius 3 is 2.78 bits per heavy atom. The molecule has 0 spiro atoms. The average Bonchev–Trinajstić information content (AvgIpc) is 3.69. The molecule has 0 saturated heterocycles. The fraction of sp³-hybridized carbons (Fsp3) is 0.343. The lowest BCUT2D eigenvalue weighted by molar-refractivity contribution is 0.0690. The summed E-state index contributed by atoms with van der Waals surface area (Å²) in [6.45, 7) is 4.95. The number of nitrogens with one attached hydrogen (secondary N) is 2. The molecule has 0 bridgehead atoms. The number of fused-ring (bicyclic) bond motifs is 1. The summed E-state index contributed by atoms with van der Waals surface area (Å²) in [7, 11) is 4.01.